The second-order valence-corrected chi connectivity index (χ2v) is 8.05. The summed E-state index contributed by atoms with van der Waals surface area (Å²) in [6.07, 6.45) is 1.86. The van der Waals surface area contributed by atoms with E-state index in [1.807, 2.05) is 49.4 Å². The van der Waals surface area contributed by atoms with Crippen molar-refractivity contribution < 1.29 is 19.0 Å². The number of carbonyl (C=O) groups is 1. The molecule has 2 aromatic carbocycles. The number of hydrogen-bond acceptors (Lipinski definition) is 8. The van der Waals surface area contributed by atoms with Gasteiger partial charge in [0.1, 0.15) is 11.6 Å². The van der Waals surface area contributed by atoms with Crippen LogP contribution in [0.3, 0.4) is 0 Å². The Labute approximate surface area is 201 Å². The van der Waals surface area contributed by atoms with E-state index in [4.69, 9.17) is 14.2 Å². The fraction of sp³-hybridized carbons (Fsp3) is 0.240. The largest absolute Gasteiger partial charge is 0.497 e. The number of hydrogen-bond donors (Lipinski definition) is 1. The Morgan fingerprint density at radius 2 is 1.77 bits per heavy atom. The van der Waals surface area contributed by atoms with E-state index in [0.29, 0.717) is 23.0 Å². The van der Waals surface area contributed by atoms with Gasteiger partial charge in [-0.25, -0.2) is 4.98 Å². The van der Waals surface area contributed by atoms with Gasteiger partial charge < -0.3 is 19.5 Å². The average Bonchev–Trinajstić information content (AvgIpc) is 3.23. The van der Waals surface area contributed by atoms with Gasteiger partial charge in [-0.1, -0.05) is 6.07 Å². The van der Waals surface area contributed by atoms with Crippen LogP contribution < -0.4 is 19.5 Å². The summed E-state index contributed by atoms with van der Waals surface area (Å²) in [6.45, 7) is 1.90. The van der Waals surface area contributed by atoms with E-state index >= 15 is 0 Å². The molecule has 5 rings (SSSR count). The van der Waals surface area contributed by atoms with Crippen LogP contribution in [0.25, 0.3) is 17.2 Å². The van der Waals surface area contributed by atoms with Crippen LogP contribution in [0.15, 0.2) is 48.7 Å². The van der Waals surface area contributed by atoms with Gasteiger partial charge in [0.15, 0.2) is 11.5 Å². The summed E-state index contributed by atoms with van der Waals surface area (Å²) in [6, 6.07) is 13.2. The Morgan fingerprint density at radius 3 is 2.49 bits per heavy atom. The summed E-state index contributed by atoms with van der Waals surface area (Å²) < 4.78 is 17.6. The number of ether oxygens (including phenoxy) is 3. The minimum absolute atomic E-state index is 0.127. The van der Waals surface area contributed by atoms with Gasteiger partial charge in [-0.3, -0.25) is 4.79 Å². The Morgan fingerprint density at radius 1 is 1.00 bits per heavy atom. The number of rotatable bonds is 6. The molecule has 1 unspecified atom stereocenters. The van der Waals surface area contributed by atoms with Crippen LogP contribution in [0.2, 0.25) is 0 Å². The molecule has 1 aliphatic heterocycles. The van der Waals surface area contributed by atoms with Crippen molar-refractivity contribution in [1.29, 1.82) is 0 Å². The molecular formula is C25H24N6O4. The van der Waals surface area contributed by atoms with Crippen LogP contribution in [-0.4, -0.2) is 52.2 Å². The van der Waals surface area contributed by atoms with Crippen molar-refractivity contribution >= 4 is 11.7 Å². The van der Waals surface area contributed by atoms with Gasteiger partial charge in [-0.15, -0.1) is 5.10 Å². The molecule has 2 aromatic heterocycles. The maximum Gasteiger partial charge on any atom is 0.272 e. The molecule has 178 valence electrons. The lowest BCUT2D eigenvalue weighted by Gasteiger charge is -2.24. The Kier molecular flexibility index (Phi) is 5.77. The van der Waals surface area contributed by atoms with Crippen molar-refractivity contribution in [3.05, 3.63) is 65.5 Å². The number of methoxy groups -OCH3 is 3. The van der Waals surface area contributed by atoms with Crippen LogP contribution >= 0.6 is 0 Å². The number of aromatic nitrogens is 5. The molecule has 0 radical (unpaired) electrons. The van der Waals surface area contributed by atoms with E-state index in [0.717, 1.165) is 28.1 Å². The molecule has 0 spiro atoms. The first kappa shape index (κ1) is 22.3. The molecule has 1 amide bonds. The maximum atomic E-state index is 12.8. The second-order valence-electron chi connectivity index (χ2n) is 8.05. The number of fused-ring (bicyclic) bond motifs is 1. The third kappa shape index (κ3) is 4.03. The van der Waals surface area contributed by atoms with Gasteiger partial charge in [0.2, 0.25) is 5.91 Å². The third-order valence-electron chi connectivity index (χ3n) is 6.04. The number of nitrogens with zero attached hydrogens (tertiary/aromatic N) is 5. The molecule has 1 N–H and O–H groups in total. The maximum absolute atomic E-state index is 12.8. The van der Waals surface area contributed by atoms with Gasteiger partial charge in [0.25, 0.3) is 5.95 Å². The molecule has 0 aliphatic carbocycles. The van der Waals surface area contributed by atoms with Crippen LogP contribution in [0.1, 0.15) is 29.2 Å². The second kappa shape index (κ2) is 9.05. The van der Waals surface area contributed by atoms with E-state index in [1.54, 1.807) is 27.5 Å². The van der Waals surface area contributed by atoms with Gasteiger partial charge in [0.05, 0.1) is 38.9 Å². The molecule has 3 heterocycles. The molecular weight excluding hydrogens is 448 g/mol. The van der Waals surface area contributed by atoms with E-state index in [2.05, 4.69) is 25.6 Å². The van der Waals surface area contributed by atoms with Crippen LogP contribution in [0, 0.1) is 6.92 Å². The monoisotopic (exact) mass is 472 g/mol. The molecule has 4 aromatic rings. The fourth-order valence-corrected chi connectivity index (χ4v) is 4.33. The van der Waals surface area contributed by atoms with Crippen molar-refractivity contribution in [3.63, 3.8) is 0 Å². The zero-order chi connectivity index (χ0) is 24.5. The van der Waals surface area contributed by atoms with E-state index in [-0.39, 0.29) is 24.2 Å². The Hall–Kier alpha value is -4.47. The van der Waals surface area contributed by atoms with Crippen molar-refractivity contribution in [3.8, 4) is 34.5 Å². The summed E-state index contributed by atoms with van der Waals surface area (Å²) in [5, 5.41) is 15.9. The number of benzene rings is 2. The number of amides is 1. The first-order valence-electron chi connectivity index (χ1n) is 11.0. The third-order valence-corrected chi connectivity index (χ3v) is 6.04. The average molecular weight is 473 g/mol. The van der Waals surface area contributed by atoms with Crippen LogP contribution in [0.4, 0.5) is 5.82 Å². The molecule has 35 heavy (non-hydrogen) atoms. The number of anilines is 1. The van der Waals surface area contributed by atoms with E-state index in [9.17, 15) is 4.79 Å². The summed E-state index contributed by atoms with van der Waals surface area (Å²) in [5.41, 5.74) is 4.06. The van der Waals surface area contributed by atoms with Crippen molar-refractivity contribution in [1.82, 2.24) is 25.0 Å². The zero-order valence-corrected chi connectivity index (χ0v) is 19.8. The molecule has 0 fully saturated rings. The van der Waals surface area contributed by atoms with E-state index < -0.39 is 0 Å². The summed E-state index contributed by atoms with van der Waals surface area (Å²) >= 11 is 0. The summed E-state index contributed by atoms with van der Waals surface area (Å²) in [4.78, 5) is 17.4. The number of carbonyl (C=O) groups excluding carboxylic acids is 1. The highest BCUT2D eigenvalue weighted by molar-refractivity contribution is 5.95. The van der Waals surface area contributed by atoms with Crippen molar-refractivity contribution in [2.45, 2.75) is 19.3 Å². The predicted molar refractivity (Wildman–Crippen MR) is 128 cm³/mol. The molecule has 1 atom stereocenters. The standard InChI is InChI=1S/C25H24N6O4/c1-14-23-18(16-7-10-20(34-3)21(11-16)35-4)12-22(32)28-24(23)31(30-14)25-27-19(13-26-29-25)15-5-8-17(33-2)9-6-15/h5-11,13,18H,12H2,1-4H3,(H,28,32). The molecule has 0 saturated carbocycles. The number of nitrogens with one attached hydrogen (secondary N) is 1. The highest BCUT2D eigenvalue weighted by Crippen LogP contribution is 2.42. The molecule has 10 nitrogen and oxygen atoms in total. The normalized spacial score (nSPS) is 14.7. The minimum Gasteiger partial charge on any atom is -0.497 e. The fourth-order valence-electron chi connectivity index (χ4n) is 4.33. The number of aryl methyl sites for hydroxylation is 1. The van der Waals surface area contributed by atoms with Crippen molar-refractivity contribution in [2.24, 2.45) is 0 Å². The van der Waals surface area contributed by atoms with Gasteiger partial charge >= 0.3 is 0 Å². The lowest BCUT2D eigenvalue weighted by Crippen LogP contribution is -2.25. The van der Waals surface area contributed by atoms with Crippen LogP contribution in [0.5, 0.6) is 17.2 Å². The van der Waals surface area contributed by atoms with E-state index in [1.165, 1.54) is 4.68 Å². The lowest BCUT2D eigenvalue weighted by atomic mass is 9.85. The highest BCUT2D eigenvalue weighted by atomic mass is 16.5. The molecule has 1 aliphatic rings. The predicted octanol–water partition coefficient (Wildman–Crippen LogP) is 3.53. The molecule has 0 saturated heterocycles. The highest BCUT2D eigenvalue weighted by Gasteiger charge is 2.33. The Balaban J connectivity index is 1.58. The summed E-state index contributed by atoms with van der Waals surface area (Å²) in [5.74, 6) is 2.42. The van der Waals surface area contributed by atoms with Gasteiger partial charge in [0, 0.05) is 23.5 Å². The summed E-state index contributed by atoms with van der Waals surface area (Å²) in [7, 11) is 4.79. The SMILES string of the molecule is COc1ccc(-c2cnnc(-n3nc(C)c4c3NC(=O)CC4c3ccc(OC)c(OC)c3)n2)cc1. The zero-order valence-electron chi connectivity index (χ0n) is 19.8. The lowest BCUT2D eigenvalue weighted by molar-refractivity contribution is -0.116. The van der Waals surface area contributed by atoms with Gasteiger partial charge in [-0.2, -0.15) is 14.9 Å². The van der Waals surface area contributed by atoms with Crippen molar-refractivity contribution in [2.75, 3.05) is 26.6 Å². The molecule has 10 heteroatoms. The first-order chi connectivity index (χ1) is 17.0. The molecule has 0 bridgehead atoms. The van der Waals surface area contributed by atoms with Gasteiger partial charge in [-0.05, 0) is 48.9 Å². The minimum atomic E-state index is -0.218. The quantitative estimate of drug-likeness (QED) is 0.453. The Bertz CT molecular complexity index is 1400. The topological polar surface area (TPSA) is 113 Å². The smallest absolute Gasteiger partial charge is 0.272 e. The van der Waals surface area contributed by atoms with Crippen LogP contribution in [-0.2, 0) is 4.79 Å². The first-order valence-corrected chi connectivity index (χ1v) is 11.0.